The molecular formula is C25H25F3N2O8S. The molecule has 3 aromatic rings. The van der Waals surface area contributed by atoms with Crippen LogP contribution in [-0.4, -0.2) is 56.5 Å². The van der Waals surface area contributed by atoms with Crippen molar-refractivity contribution in [1.82, 2.24) is 10.5 Å². The molecule has 1 aliphatic rings. The van der Waals surface area contributed by atoms with Crippen LogP contribution in [0.5, 0.6) is 11.5 Å². The number of carboxylic acid groups (broad SMARTS) is 1. The number of carboxylic acids is 1. The minimum atomic E-state index is -5.08. The van der Waals surface area contributed by atoms with Crippen molar-refractivity contribution in [3.05, 3.63) is 66.4 Å². The zero-order valence-electron chi connectivity index (χ0n) is 20.3. The number of halogens is 3. The SMILES string of the molecule is O=C(NO)C1(CS(=O)Oc2ccc(OCc3ccnc4ccccc34)cc2)CCOCC1.O=C(O)C(F)(F)F. The molecule has 2 aromatic carbocycles. The van der Waals surface area contributed by atoms with Crippen LogP contribution in [0.15, 0.2) is 60.8 Å². The van der Waals surface area contributed by atoms with E-state index in [1.807, 2.05) is 30.3 Å². The summed E-state index contributed by atoms with van der Waals surface area (Å²) < 4.78 is 61.0. The third-order valence-corrected chi connectivity index (χ3v) is 6.98. The zero-order valence-corrected chi connectivity index (χ0v) is 21.2. The molecule has 1 aromatic heterocycles. The summed E-state index contributed by atoms with van der Waals surface area (Å²) in [4.78, 5) is 25.4. The molecule has 2 heterocycles. The molecule has 1 amide bonds. The number of nitrogens with one attached hydrogen (secondary N) is 1. The number of ether oxygens (including phenoxy) is 2. The quantitative estimate of drug-likeness (QED) is 0.272. The van der Waals surface area contributed by atoms with Gasteiger partial charge in [-0.2, -0.15) is 13.2 Å². The van der Waals surface area contributed by atoms with Gasteiger partial charge < -0.3 is 18.8 Å². The van der Waals surface area contributed by atoms with Gasteiger partial charge in [-0.25, -0.2) is 14.5 Å². The van der Waals surface area contributed by atoms with Crippen LogP contribution in [0.25, 0.3) is 10.9 Å². The summed E-state index contributed by atoms with van der Waals surface area (Å²) in [6.07, 6.45) is -2.59. The molecule has 0 saturated carbocycles. The van der Waals surface area contributed by atoms with Crippen molar-refractivity contribution in [2.45, 2.75) is 25.6 Å². The number of rotatable bonds is 8. The Balaban J connectivity index is 0.000000532. The molecule has 0 radical (unpaired) electrons. The first-order valence-corrected chi connectivity index (χ1v) is 12.7. The maximum atomic E-state index is 12.6. The standard InChI is InChI=1S/C23H24N2O6S.C2HF3O2/c26-22(25-27)23(10-13-29-14-11-23)16-32(28)31-19-7-5-18(6-8-19)30-15-17-9-12-24-21-4-2-1-3-20(17)21;3-2(4,5)1(6)7/h1-9,12,27H,10-11,13-16H2,(H,25,26);(H,6,7). The molecule has 1 fully saturated rings. The van der Waals surface area contributed by atoms with E-state index in [9.17, 15) is 22.2 Å². The van der Waals surface area contributed by atoms with Gasteiger partial charge in [-0.1, -0.05) is 18.2 Å². The zero-order chi connectivity index (χ0) is 28.5. The van der Waals surface area contributed by atoms with Crippen molar-refractivity contribution >= 4 is 33.9 Å². The Labute approximate surface area is 223 Å². The Morgan fingerprint density at radius 2 is 1.67 bits per heavy atom. The fourth-order valence-corrected chi connectivity index (χ4v) is 4.97. The maximum absolute atomic E-state index is 12.6. The molecular weight excluding hydrogens is 545 g/mol. The predicted octanol–water partition coefficient (Wildman–Crippen LogP) is 3.79. The Morgan fingerprint density at radius 3 is 2.28 bits per heavy atom. The highest BCUT2D eigenvalue weighted by Crippen LogP contribution is 2.32. The first-order valence-electron chi connectivity index (χ1n) is 11.5. The van der Waals surface area contributed by atoms with Gasteiger partial charge in [0.2, 0.25) is 11.1 Å². The molecule has 1 aliphatic heterocycles. The first kappa shape index (κ1) is 29.8. The number of pyridine rings is 1. The molecule has 1 saturated heterocycles. The molecule has 0 spiro atoms. The van der Waals surface area contributed by atoms with Crippen molar-refractivity contribution in [3.8, 4) is 11.5 Å². The van der Waals surface area contributed by atoms with Crippen LogP contribution < -0.4 is 14.4 Å². The number of alkyl halides is 3. The highest BCUT2D eigenvalue weighted by atomic mass is 32.2. The number of nitrogens with zero attached hydrogens (tertiary/aromatic N) is 1. The Kier molecular flexibility index (Phi) is 10.2. The number of carbonyl (C=O) groups excluding carboxylic acids is 1. The summed E-state index contributed by atoms with van der Waals surface area (Å²) in [7, 11) is 0. The number of hydrogen-bond acceptors (Lipinski definition) is 8. The summed E-state index contributed by atoms with van der Waals surface area (Å²) in [5.74, 6) is -2.31. The molecule has 4 rings (SSSR count). The van der Waals surface area contributed by atoms with Gasteiger partial charge in [0.1, 0.15) is 18.1 Å². The summed E-state index contributed by atoms with van der Waals surface area (Å²) in [6, 6.07) is 16.6. The lowest BCUT2D eigenvalue weighted by molar-refractivity contribution is -0.192. The molecule has 14 heteroatoms. The fourth-order valence-electron chi connectivity index (χ4n) is 3.71. The van der Waals surface area contributed by atoms with Gasteiger partial charge in [-0.3, -0.25) is 15.0 Å². The van der Waals surface area contributed by atoms with E-state index in [1.165, 1.54) is 0 Å². The third kappa shape index (κ3) is 8.37. The summed E-state index contributed by atoms with van der Waals surface area (Å²) in [6.45, 7) is 1.11. The van der Waals surface area contributed by atoms with E-state index in [0.29, 0.717) is 44.2 Å². The summed E-state index contributed by atoms with van der Waals surface area (Å²) in [5.41, 5.74) is 2.65. The van der Waals surface area contributed by atoms with Crippen LogP contribution in [0.3, 0.4) is 0 Å². The number of para-hydroxylation sites is 1. The number of amides is 1. The Morgan fingerprint density at radius 1 is 1.05 bits per heavy atom. The van der Waals surface area contributed by atoms with E-state index in [-0.39, 0.29) is 5.75 Å². The molecule has 1 atom stereocenters. The molecule has 0 aliphatic carbocycles. The highest BCUT2D eigenvalue weighted by molar-refractivity contribution is 7.80. The summed E-state index contributed by atoms with van der Waals surface area (Å²) >= 11 is -1.76. The second-order valence-electron chi connectivity index (χ2n) is 8.42. The predicted molar refractivity (Wildman–Crippen MR) is 132 cm³/mol. The number of fused-ring (bicyclic) bond motifs is 1. The molecule has 210 valence electrons. The van der Waals surface area contributed by atoms with E-state index >= 15 is 0 Å². The third-order valence-electron chi connectivity index (χ3n) is 5.82. The monoisotopic (exact) mass is 570 g/mol. The first-order chi connectivity index (χ1) is 18.5. The maximum Gasteiger partial charge on any atom is 0.490 e. The minimum absolute atomic E-state index is 0.0316. The molecule has 10 nitrogen and oxygen atoms in total. The average molecular weight is 571 g/mol. The lowest BCUT2D eigenvalue weighted by Gasteiger charge is -2.33. The van der Waals surface area contributed by atoms with Crippen LogP contribution in [0.2, 0.25) is 0 Å². The van der Waals surface area contributed by atoms with E-state index in [1.54, 1.807) is 35.9 Å². The summed E-state index contributed by atoms with van der Waals surface area (Å²) in [5, 5.41) is 17.2. The van der Waals surface area contributed by atoms with Crippen molar-refractivity contribution in [2.75, 3.05) is 19.0 Å². The second kappa shape index (κ2) is 13.4. The van der Waals surface area contributed by atoms with Gasteiger partial charge in [-0.05, 0) is 49.2 Å². The van der Waals surface area contributed by atoms with E-state index in [4.69, 9.17) is 28.8 Å². The minimum Gasteiger partial charge on any atom is -0.489 e. The number of hydrogen-bond donors (Lipinski definition) is 3. The number of aromatic nitrogens is 1. The van der Waals surface area contributed by atoms with Gasteiger partial charge in [0.25, 0.3) is 5.91 Å². The second-order valence-corrected chi connectivity index (χ2v) is 9.48. The smallest absolute Gasteiger partial charge is 0.489 e. The van der Waals surface area contributed by atoms with Crippen LogP contribution in [0.1, 0.15) is 18.4 Å². The van der Waals surface area contributed by atoms with Gasteiger partial charge in [0.15, 0.2) is 0 Å². The van der Waals surface area contributed by atoms with Crippen molar-refractivity contribution in [2.24, 2.45) is 5.41 Å². The van der Waals surface area contributed by atoms with Crippen LogP contribution >= 0.6 is 0 Å². The number of carbonyl (C=O) groups is 2. The Hall–Kier alpha value is -3.75. The lowest BCUT2D eigenvalue weighted by atomic mass is 9.81. The molecule has 3 N–H and O–H groups in total. The number of benzene rings is 2. The van der Waals surface area contributed by atoms with Crippen molar-refractivity contribution in [1.29, 1.82) is 0 Å². The van der Waals surface area contributed by atoms with Gasteiger partial charge >= 0.3 is 12.1 Å². The van der Waals surface area contributed by atoms with E-state index < -0.39 is 34.5 Å². The average Bonchev–Trinajstić information content (AvgIpc) is 2.92. The largest absolute Gasteiger partial charge is 0.490 e. The number of hydroxylamine groups is 1. The number of aliphatic carboxylic acids is 1. The van der Waals surface area contributed by atoms with Gasteiger partial charge in [0.05, 0.1) is 16.7 Å². The van der Waals surface area contributed by atoms with Crippen LogP contribution in [0.4, 0.5) is 13.2 Å². The fraction of sp³-hybridized carbons (Fsp3) is 0.320. The van der Waals surface area contributed by atoms with Gasteiger partial charge in [0, 0.05) is 30.4 Å². The van der Waals surface area contributed by atoms with Crippen LogP contribution in [-0.2, 0) is 32.0 Å². The Bertz CT molecular complexity index is 1290. The molecule has 0 bridgehead atoms. The highest BCUT2D eigenvalue weighted by Gasteiger charge is 2.42. The van der Waals surface area contributed by atoms with Crippen molar-refractivity contribution < 1.29 is 50.9 Å². The normalized spacial score (nSPS) is 15.4. The van der Waals surface area contributed by atoms with E-state index in [2.05, 4.69) is 4.98 Å². The molecule has 39 heavy (non-hydrogen) atoms. The van der Waals surface area contributed by atoms with Gasteiger partial charge in [-0.15, -0.1) is 0 Å². The van der Waals surface area contributed by atoms with Crippen molar-refractivity contribution in [3.63, 3.8) is 0 Å². The molecule has 1 unspecified atom stereocenters. The van der Waals surface area contributed by atoms with Crippen LogP contribution in [0, 0.1) is 5.41 Å². The lowest BCUT2D eigenvalue weighted by Crippen LogP contribution is -2.47. The topological polar surface area (TPSA) is 144 Å². The van der Waals surface area contributed by atoms with E-state index in [0.717, 1.165) is 16.5 Å².